The lowest BCUT2D eigenvalue weighted by Crippen LogP contribution is -2.23. The smallest absolute Gasteiger partial charge is 0.251 e. The van der Waals surface area contributed by atoms with Crippen molar-refractivity contribution in [3.8, 4) is 0 Å². The van der Waals surface area contributed by atoms with Crippen molar-refractivity contribution in [3.05, 3.63) is 59.4 Å². The Labute approximate surface area is 114 Å². The topological polar surface area (TPSA) is 54.0 Å². The molecule has 0 spiro atoms. The number of benzene rings is 1. The third-order valence-corrected chi connectivity index (χ3v) is 2.73. The van der Waals surface area contributed by atoms with Crippen LogP contribution in [0.15, 0.2) is 36.7 Å². The summed E-state index contributed by atoms with van der Waals surface area (Å²) in [4.78, 5) is 15.7. The van der Waals surface area contributed by atoms with Crippen LogP contribution in [0.4, 0.5) is 14.5 Å². The van der Waals surface area contributed by atoms with Crippen LogP contribution in [0.2, 0.25) is 0 Å². The number of hydrogen-bond acceptors (Lipinski definition) is 3. The number of halogens is 2. The molecule has 0 aliphatic carbocycles. The third-order valence-electron chi connectivity index (χ3n) is 2.73. The van der Waals surface area contributed by atoms with Crippen LogP contribution in [0.1, 0.15) is 15.9 Å². The van der Waals surface area contributed by atoms with Crippen molar-refractivity contribution in [3.63, 3.8) is 0 Å². The van der Waals surface area contributed by atoms with Crippen molar-refractivity contribution >= 4 is 11.6 Å². The highest BCUT2D eigenvalue weighted by atomic mass is 19.1. The highest BCUT2D eigenvalue weighted by molar-refractivity contribution is 5.94. The van der Waals surface area contributed by atoms with Gasteiger partial charge in [-0.25, -0.2) is 8.78 Å². The SMILES string of the molecule is CNc1c(F)cc(C(=O)NCc2cccnc2)cc1F. The van der Waals surface area contributed by atoms with Crippen LogP contribution in [0, 0.1) is 11.6 Å². The number of nitrogens with one attached hydrogen (secondary N) is 2. The van der Waals surface area contributed by atoms with Gasteiger partial charge in [0.05, 0.1) is 0 Å². The molecular formula is C14H13F2N3O. The van der Waals surface area contributed by atoms with Crippen molar-refractivity contribution in [1.29, 1.82) is 0 Å². The minimum atomic E-state index is -0.806. The zero-order valence-electron chi connectivity index (χ0n) is 10.8. The zero-order valence-corrected chi connectivity index (χ0v) is 10.8. The molecule has 0 unspecified atom stereocenters. The van der Waals surface area contributed by atoms with Crippen LogP contribution < -0.4 is 10.6 Å². The predicted molar refractivity (Wildman–Crippen MR) is 71.3 cm³/mol. The second kappa shape index (κ2) is 6.10. The van der Waals surface area contributed by atoms with Gasteiger partial charge in [-0.3, -0.25) is 9.78 Å². The number of carbonyl (C=O) groups is 1. The molecule has 20 heavy (non-hydrogen) atoms. The highest BCUT2D eigenvalue weighted by Gasteiger charge is 2.14. The Hall–Kier alpha value is -2.50. The van der Waals surface area contributed by atoms with Crippen molar-refractivity contribution < 1.29 is 13.6 Å². The molecular weight excluding hydrogens is 264 g/mol. The van der Waals surface area contributed by atoms with Crippen LogP contribution in [0.5, 0.6) is 0 Å². The van der Waals surface area contributed by atoms with E-state index in [2.05, 4.69) is 15.6 Å². The van der Waals surface area contributed by atoms with Gasteiger partial charge in [0, 0.05) is 31.5 Å². The first-order chi connectivity index (χ1) is 9.61. The molecule has 0 aliphatic rings. The van der Waals surface area contributed by atoms with Crippen LogP contribution >= 0.6 is 0 Å². The molecule has 2 rings (SSSR count). The molecule has 104 valence electrons. The Morgan fingerprint density at radius 2 is 2.00 bits per heavy atom. The summed E-state index contributed by atoms with van der Waals surface area (Å²) in [6.45, 7) is 0.240. The summed E-state index contributed by atoms with van der Waals surface area (Å²) in [5.74, 6) is -2.16. The summed E-state index contributed by atoms with van der Waals surface area (Å²) in [6, 6.07) is 5.52. The van der Waals surface area contributed by atoms with Crippen molar-refractivity contribution in [1.82, 2.24) is 10.3 Å². The molecule has 0 radical (unpaired) electrons. The second-order valence-electron chi connectivity index (χ2n) is 4.11. The molecule has 0 atom stereocenters. The van der Waals surface area contributed by atoms with Crippen LogP contribution in [0.3, 0.4) is 0 Å². The maximum absolute atomic E-state index is 13.5. The first-order valence-electron chi connectivity index (χ1n) is 5.95. The van der Waals surface area contributed by atoms with Gasteiger partial charge in [-0.2, -0.15) is 0 Å². The summed E-state index contributed by atoms with van der Waals surface area (Å²) in [5.41, 5.74) is 0.477. The average Bonchev–Trinajstić information content (AvgIpc) is 2.45. The Kier molecular flexibility index (Phi) is 4.24. The minimum Gasteiger partial charge on any atom is -0.383 e. The Balaban J connectivity index is 2.10. The second-order valence-corrected chi connectivity index (χ2v) is 4.11. The molecule has 0 aliphatic heterocycles. The molecule has 1 aromatic carbocycles. The number of carbonyl (C=O) groups excluding carboxylic acids is 1. The lowest BCUT2D eigenvalue weighted by molar-refractivity contribution is 0.0950. The summed E-state index contributed by atoms with van der Waals surface area (Å²) >= 11 is 0. The normalized spacial score (nSPS) is 10.2. The van der Waals surface area contributed by atoms with Crippen molar-refractivity contribution in [2.45, 2.75) is 6.54 Å². The maximum atomic E-state index is 13.5. The fraction of sp³-hybridized carbons (Fsp3) is 0.143. The molecule has 0 saturated heterocycles. The summed E-state index contributed by atoms with van der Waals surface area (Å²) in [5, 5.41) is 4.97. The van der Waals surface area contributed by atoms with E-state index in [1.807, 2.05) is 0 Å². The van der Waals surface area contributed by atoms with E-state index in [0.717, 1.165) is 17.7 Å². The van der Waals surface area contributed by atoms with Gasteiger partial charge in [0.2, 0.25) is 0 Å². The fourth-order valence-corrected chi connectivity index (χ4v) is 1.73. The number of amides is 1. The van der Waals surface area contributed by atoms with E-state index in [-0.39, 0.29) is 17.8 Å². The van der Waals surface area contributed by atoms with Gasteiger partial charge < -0.3 is 10.6 Å². The molecule has 1 aromatic heterocycles. The van der Waals surface area contributed by atoms with E-state index in [4.69, 9.17) is 0 Å². The molecule has 1 amide bonds. The molecule has 4 nitrogen and oxygen atoms in total. The highest BCUT2D eigenvalue weighted by Crippen LogP contribution is 2.20. The predicted octanol–water partition coefficient (Wildman–Crippen LogP) is 2.33. The van der Waals surface area contributed by atoms with Gasteiger partial charge >= 0.3 is 0 Å². The summed E-state index contributed by atoms with van der Waals surface area (Å²) in [7, 11) is 1.41. The molecule has 0 saturated carbocycles. The standard InChI is InChI=1S/C14H13F2N3O/c1-17-13-11(15)5-10(6-12(13)16)14(20)19-8-9-3-2-4-18-7-9/h2-7,17H,8H2,1H3,(H,19,20). The maximum Gasteiger partial charge on any atom is 0.251 e. The molecule has 0 fully saturated rings. The Morgan fingerprint density at radius 3 is 2.55 bits per heavy atom. The van der Waals surface area contributed by atoms with Gasteiger partial charge in [0.25, 0.3) is 5.91 Å². The lowest BCUT2D eigenvalue weighted by Gasteiger charge is -2.08. The van der Waals surface area contributed by atoms with Crippen LogP contribution in [-0.2, 0) is 6.54 Å². The van der Waals surface area contributed by atoms with Crippen molar-refractivity contribution in [2.75, 3.05) is 12.4 Å². The fourth-order valence-electron chi connectivity index (χ4n) is 1.73. The van der Waals surface area contributed by atoms with Crippen molar-refractivity contribution in [2.24, 2.45) is 0 Å². The monoisotopic (exact) mass is 277 g/mol. The van der Waals surface area contributed by atoms with Gasteiger partial charge in [-0.15, -0.1) is 0 Å². The number of rotatable bonds is 4. The first-order valence-corrected chi connectivity index (χ1v) is 5.95. The van der Waals surface area contributed by atoms with E-state index in [1.54, 1.807) is 24.5 Å². The van der Waals surface area contributed by atoms with Gasteiger partial charge in [0.15, 0.2) is 0 Å². The van der Waals surface area contributed by atoms with Crippen LogP contribution in [0.25, 0.3) is 0 Å². The van der Waals surface area contributed by atoms with E-state index < -0.39 is 17.5 Å². The molecule has 0 bridgehead atoms. The number of nitrogens with zero attached hydrogens (tertiary/aromatic N) is 1. The summed E-state index contributed by atoms with van der Waals surface area (Å²) in [6.07, 6.45) is 3.22. The Morgan fingerprint density at radius 1 is 1.30 bits per heavy atom. The quantitative estimate of drug-likeness (QED) is 0.902. The van der Waals surface area contributed by atoms with E-state index in [9.17, 15) is 13.6 Å². The van der Waals surface area contributed by atoms with E-state index in [0.29, 0.717) is 0 Å². The van der Waals surface area contributed by atoms with Gasteiger partial charge in [-0.1, -0.05) is 6.07 Å². The summed E-state index contributed by atoms with van der Waals surface area (Å²) < 4.78 is 27.1. The largest absolute Gasteiger partial charge is 0.383 e. The number of aromatic nitrogens is 1. The van der Waals surface area contributed by atoms with E-state index >= 15 is 0 Å². The van der Waals surface area contributed by atoms with E-state index in [1.165, 1.54) is 7.05 Å². The average molecular weight is 277 g/mol. The van der Waals surface area contributed by atoms with Gasteiger partial charge in [0.1, 0.15) is 17.3 Å². The number of anilines is 1. The minimum absolute atomic E-state index is 0.0668. The lowest BCUT2D eigenvalue weighted by atomic mass is 10.1. The number of pyridine rings is 1. The number of hydrogen-bond donors (Lipinski definition) is 2. The Bertz CT molecular complexity index is 594. The third kappa shape index (κ3) is 3.09. The van der Waals surface area contributed by atoms with Gasteiger partial charge in [-0.05, 0) is 23.8 Å². The molecule has 2 aromatic rings. The van der Waals surface area contributed by atoms with Crippen LogP contribution in [-0.4, -0.2) is 17.9 Å². The zero-order chi connectivity index (χ0) is 14.5. The molecule has 6 heteroatoms. The molecule has 1 heterocycles. The first kappa shape index (κ1) is 13.9. The molecule has 2 N–H and O–H groups in total.